The van der Waals surface area contributed by atoms with Crippen LogP contribution in [0.1, 0.15) is 36.4 Å². The van der Waals surface area contributed by atoms with Gasteiger partial charge < -0.3 is 15.0 Å². The van der Waals surface area contributed by atoms with Gasteiger partial charge in [0.25, 0.3) is 5.89 Å². The van der Waals surface area contributed by atoms with Crippen LogP contribution in [0.4, 0.5) is 8.78 Å². The predicted octanol–water partition coefficient (Wildman–Crippen LogP) is 3.44. The predicted molar refractivity (Wildman–Crippen MR) is 73.3 cm³/mol. The molecule has 1 saturated carbocycles. The Hall–Kier alpha value is -1.54. The second kappa shape index (κ2) is 5.34. The van der Waals surface area contributed by atoms with Gasteiger partial charge in [-0.15, -0.1) is 11.3 Å². The lowest BCUT2D eigenvalue weighted by molar-refractivity contribution is -0.0492. The van der Waals surface area contributed by atoms with Gasteiger partial charge in [0.2, 0.25) is 0 Å². The summed E-state index contributed by atoms with van der Waals surface area (Å²) < 4.78 is 34.6. The average molecular weight is 315 g/mol. The van der Waals surface area contributed by atoms with Crippen LogP contribution in [-0.4, -0.2) is 16.8 Å². The van der Waals surface area contributed by atoms with Crippen molar-refractivity contribution in [2.75, 3.05) is 0 Å². The molecule has 1 aliphatic rings. The first-order valence-corrected chi connectivity index (χ1v) is 7.48. The number of rotatable bonds is 4. The van der Waals surface area contributed by atoms with Crippen molar-refractivity contribution in [3.05, 3.63) is 16.8 Å². The molecule has 5 nitrogen and oxygen atoms in total. The highest BCUT2D eigenvalue weighted by Gasteiger charge is 2.36. The summed E-state index contributed by atoms with van der Waals surface area (Å²) >= 11 is 1.27. The highest BCUT2D eigenvalue weighted by Crippen LogP contribution is 2.40. The average Bonchev–Trinajstić information content (AvgIpc) is 3.09. The van der Waals surface area contributed by atoms with Crippen molar-refractivity contribution in [1.29, 1.82) is 0 Å². The van der Waals surface area contributed by atoms with E-state index in [-0.39, 0.29) is 11.6 Å². The topological polar surface area (TPSA) is 74.2 Å². The highest BCUT2D eigenvalue weighted by molar-refractivity contribution is 7.15. The second-order valence-corrected chi connectivity index (χ2v) is 6.47. The van der Waals surface area contributed by atoms with E-state index < -0.39 is 12.2 Å². The van der Waals surface area contributed by atoms with Crippen LogP contribution in [0, 0.1) is 6.92 Å². The summed E-state index contributed by atoms with van der Waals surface area (Å²) in [4.78, 5) is 5.53. The van der Waals surface area contributed by atoms with Crippen molar-refractivity contribution in [1.82, 2.24) is 10.1 Å². The first-order chi connectivity index (χ1) is 9.98. The minimum absolute atomic E-state index is 0.0557. The third-order valence-corrected chi connectivity index (χ3v) is 4.62. The SMILES string of the molecule is Cc1cc(OC(F)F)c(-c2nc(C3(N)CCCC3)no2)s1. The van der Waals surface area contributed by atoms with E-state index in [9.17, 15) is 8.78 Å². The standard InChI is InChI=1S/C13H15F2N3O2S/c1-7-6-8(19-12(14)15)9(21-7)10-17-11(18-20-10)13(16)4-2-3-5-13/h6,12H,2-5,16H2,1H3. The minimum atomic E-state index is -2.89. The normalized spacial score (nSPS) is 17.6. The third kappa shape index (κ3) is 2.77. The fraction of sp³-hybridized carbons (Fsp3) is 0.538. The Morgan fingerprint density at radius 2 is 2.14 bits per heavy atom. The molecule has 0 amide bonds. The van der Waals surface area contributed by atoms with Crippen LogP contribution in [-0.2, 0) is 5.54 Å². The molecular weight excluding hydrogens is 300 g/mol. The first-order valence-electron chi connectivity index (χ1n) is 6.67. The molecule has 0 bridgehead atoms. The molecule has 8 heteroatoms. The van der Waals surface area contributed by atoms with Gasteiger partial charge in [-0.25, -0.2) is 0 Å². The van der Waals surface area contributed by atoms with Crippen molar-refractivity contribution in [3.8, 4) is 16.5 Å². The van der Waals surface area contributed by atoms with Crippen molar-refractivity contribution in [3.63, 3.8) is 0 Å². The highest BCUT2D eigenvalue weighted by atomic mass is 32.1. The summed E-state index contributed by atoms with van der Waals surface area (Å²) in [5, 5.41) is 3.93. The van der Waals surface area contributed by atoms with Crippen LogP contribution in [0.25, 0.3) is 10.8 Å². The molecule has 114 valence electrons. The molecule has 0 spiro atoms. The maximum Gasteiger partial charge on any atom is 0.387 e. The number of nitrogens with two attached hydrogens (primary N) is 1. The Labute approximate surface area is 124 Å². The van der Waals surface area contributed by atoms with Crippen molar-refractivity contribution >= 4 is 11.3 Å². The molecule has 0 unspecified atom stereocenters. The number of thiophene rings is 1. The molecule has 3 rings (SSSR count). The fourth-order valence-electron chi connectivity index (χ4n) is 2.57. The lowest BCUT2D eigenvalue weighted by Gasteiger charge is -2.17. The van der Waals surface area contributed by atoms with Gasteiger partial charge in [-0.05, 0) is 25.8 Å². The van der Waals surface area contributed by atoms with Gasteiger partial charge in [0.05, 0.1) is 5.54 Å². The largest absolute Gasteiger partial charge is 0.433 e. The zero-order chi connectivity index (χ0) is 15.0. The molecule has 1 aliphatic carbocycles. The fourth-order valence-corrected chi connectivity index (χ4v) is 3.44. The molecule has 0 atom stereocenters. The van der Waals surface area contributed by atoms with Crippen LogP contribution in [0.2, 0.25) is 0 Å². The number of aromatic nitrogens is 2. The van der Waals surface area contributed by atoms with E-state index in [1.807, 2.05) is 0 Å². The summed E-state index contributed by atoms with van der Waals surface area (Å²) in [6.45, 7) is -1.10. The number of ether oxygens (including phenoxy) is 1. The third-order valence-electron chi connectivity index (χ3n) is 3.60. The monoisotopic (exact) mass is 315 g/mol. The molecule has 21 heavy (non-hydrogen) atoms. The van der Waals surface area contributed by atoms with E-state index >= 15 is 0 Å². The van der Waals surface area contributed by atoms with Crippen molar-refractivity contribution in [2.24, 2.45) is 5.73 Å². The summed E-state index contributed by atoms with van der Waals surface area (Å²) in [7, 11) is 0. The molecule has 2 aromatic heterocycles. The lowest BCUT2D eigenvalue weighted by Crippen LogP contribution is -2.34. The number of hydrogen-bond acceptors (Lipinski definition) is 6. The Bertz CT molecular complexity index is 635. The quantitative estimate of drug-likeness (QED) is 0.935. The number of nitrogens with zero attached hydrogens (tertiary/aromatic N) is 2. The molecule has 2 aromatic rings. The van der Waals surface area contributed by atoms with Crippen molar-refractivity contribution < 1.29 is 18.0 Å². The number of hydrogen-bond donors (Lipinski definition) is 1. The van der Waals surface area contributed by atoms with E-state index in [2.05, 4.69) is 14.9 Å². The van der Waals surface area contributed by atoms with E-state index in [1.54, 1.807) is 6.92 Å². The lowest BCUT2D eigenvalue weighted by atomic mass is 9.99. The molecule has 0 saturated heterocycles. The molecule has 0 aliphatic heterocycles. The van der Waals surface area contributed by atoms with E-state index in [0.717, 1.165) is 30.6 Å². The summed E-state index contributed by atoms with van der Waals surface area (Å²) in [5.74, 6) is 0.666. The van der Waals surface area contributed by atoms with Crippen LogP contribution >= 0.6 is 11.3 Å². The maximum absolute atomic E-state index is 12.4. The van der Waals surface area contributed by atoms with Gasteiger partial charge >= 0.3 is 6.61 Å². The Morgan fingerprint density at radius 3 is 2.81 bits per heavy atom. The number of halogens is 2. The molecule has 0 radical (unpaired) electrons. The molecule has 1 fully saturated rings. The van der Waals surface area contributed by atoms with Crippen LogP contribution < -0.4 is 10.5 Å². The Kier molecular flexibility index (Phi) is 3.66. The Morgan fingerprint density at radius 1 is 1.43 bits per heavy atom. The number of alkyl halides is 2. The van der Waals surface area contributed by atoms with Gasteiger partial charge in [-0.2, -0.15) is 13.8 Å². The number of aryl methyl sites for hydroxylation is 1. The minimum Gasteiger partial charge on any atom is -0.433 e. The van der Waals surface area contributed by atoms with Gasteiger partial charge in [-0.1, -0.05) is 18.0 Å². The second-order valence-electron chi connectivity index (χ2n) is 5.22. The zero-order valence-electron chi connectivity index (χ0n) is 11.4. The van der Waals surface area contributed by atoms with Crippen LogP contribution in [0.5, 0.6) is 5.75 Å². The summed E-state index contributed by atoms with van der Waals surface area (Å²) in [5.41, 5.74) is 5.69. The van der Waals surface area contributed by atoms with E-state index in [4.69, 9.17) is 10.3 Å². The first kappa shape index (κ1) is 14.4. The smallest absolute Gasteiger partial charge is 0.387 e. The van der Waals surface area contributed by atoms with Gasteiger partial charge in [0, 0.05) is 4.88 Å². The Balaban J connectivity index is 1.93. The molecule has 0 aromatic carbocycles. The van der Waals surface area contributed by atoms with Gasteiger partial charge in [0.1, 0.15) is 10.6 Å². The summed E-state index contributed by atoms with van der Waals surface area (Å²) in [6, 6.07) is 1.53. The van der Waals surface area contributed by atoms with E-state index in [0.29, 0.717) is 10.7 Å². The molecule has 2 heterocycles. The maximum atomic E-state index is 12.4. The van der Waals surface area contributed by atoms with Crippen LogP contribution in [0.15, 0.2) is 10.6 Å². The van der Waals surface area contributed by atoms with Crippen LogP contribution in [0.3, 0.4) is 0 Å². The van der Waals surface area contributed by atoms with Gasteiger partial charge in [-0.3, -0.25) is 0 Å². The molecular formula is C13H15F2N3O2S. The summed E-state index contributed by atoms with van der Waals surface area (Å²) in [6.07, 6.45) is 3.65. The zero-order valence-corrected chi connectivity index (χ0v) is 12.3. The van der Waals surface area contributed by atoms with Gasteiger partial charge in [0.15, 0.2) is 5.82 Å². The van der Waals surface area contributed by atoms with E-state index in [1.165, 1.54) is 17.4 Å². The van der Waals surface area contributed by atoms with Crippen molar-refractivity contribution in [2.45, 2.75) is 44.8 Å². The molecule has 2 N–H and O–H groups in total.